The molecule has 0 heterocycles. The van der Waals surface area contributed by atoms with Gasteiger partial charge in [0.1, 0.15) is 0 Å². The van der Waals surface area contributed by atoms with Crippen molar-refractivity contribution in [2.45, 2.75) is 93.5 Å². The molecular formula is C54H57Cl3SiTi. The molecule has 0 bridgehead atoms. The van der Waals surface area contributed by atoms with E-state index in [-0.39, 0.29) is 42.3 Å². The predicted molar refractivity (Wildman–Crippen MR) is 240 cm³/mol. The Labute approximate surface area is 386 Å². The van der Waals surface area contributed by atoms with E-state index in [4.69, 9.17) is 0 Å². The fourth-order valence-corrected chi connectivity index (χ4v) is 18.2. The van der Waals surface area contributed by atoms with Crippen LogP contribution in [0.2, 0.25) is 5.04 Å². The van der Waals surface area contributed by atoms with Crippen LogP contribution >= 0.6 is 0 Å². The molecule has 1 aliphatic carbocycles. The smallest absolute Gasteiger partial charge is 1.00 e. The van der Waals surface area contributed by atoms with Gasteiger partial charge in [0, 0.05) is 0 Å². The summed E-state index contributed by atoms with van der Waals surface area (Å²) in [5.41, 5.74) is 21.1. The van der Waals surface area contributed by atoms with Crippen molar-refractivity contribution in [1.29, 1.82) is 0 Å². The molecule has 1 aliphatic rings. The zero-order valence-electron chi connectivity index (χ0n) is 36.4. The molecule has 0 aromatic heterocycles. The molecule has 0 radical (unpaired) electrons. The fraction of sp³-hybridized carbons (Fsp3) is 0.259. The number of allylic oxidation sites excluding steroid dienone is 4. The third-order valence-corrected chi connectivity index (χ3v) is 21.3. The summed E-state index contributed by atoms with van der Waals surface area (Å²) in [7, 11) is -3.20. The van der Waals surface area contributed by atoms with E-state index >= 15 is 0 Å². The van der Waals surface area contributed by atoms with Crippen LogP contribution in [0.15, 0.2) is 148 Å². The zero-order valence-corrected chi connectivity index (χ0v) is 41.2. The van der Waals surface area contributed by atoms with E-state index in [1.54, 1.807) is 15.6 Å². The molecular weight excluding hydrogens is 831 g/mol. The molecule has 0 saturated heterocycles. The molecule has 6 aromatic rings. The largest absolute Gasteiger partial charge is 1.00 e. The minimum Gasteiger partial charge on any atom is -1.00 e. The van der Waals surface area contributed by atoms with E-state index in [2.05, 4.69) is 217 Å². The van der Waals surface area contributed by atoms with Crippen LogP contribution in [-0.4, -0.2) is 8.07 Å². The Morgan fingerprint density at radius 3 is 0.932 bits per heavy atom. The number of aryl methyl sites for hydroxylation is 6. The molecule has 1 atom stereocenters. The van der Waals surface area contributed by atoms with Crippen molar-refractivity contribution in [3.63, 3.8) is 0 Å². The Morgan fingerprint density at radius 2 is 0.678 bits per heavy atom. The van der Waals surface area contributed by atoms with Crippen LogP contribution in [0, 0.1) is 41.5 Å². The first-order valence-corrected chi connectivity index (χ1v) is 23.1. The van der Waals surface area contributed by atoms with Gasteiger partial charge in [-0.15, -0.1) is 0 Å². The Balaban J connectivity index is 0.00000256. The van der Waals surface area contributed by atoms with Crippen LogP contribution in [0.25, 0.3) is 0 Å². The summed E-state index contributed by atoms with van der Waals surface area (Å²) < 4.78 is 1.52. The molecule has 0 N–H and O–H groups in total. The summed E-state index contributed by atoms with van der Waals surface area (Å²) in [6.45, 7) is 23.9. The maximum Gasteiger partial charge on any atom is -1.00 e. The first kappa shape index (κ1) is 48.3. The molecule has 7 rings (SSSR count). The monoisotopic (exact) mass is 886 g/mol. The maximum absolute atomic E-state index is 3.20. The number of rotatable bonds is 10. The molecule has 0 nitrogen and oxygen atoms in total. The maximum atomic E-state index is 2.66. The van der Waals surface area contributed by atoms with Crippen molar-refractivity contribution in [3.05, 3.63) is 215 Å². The predicted octanol–water partition coefficient (Wildman–Crippen LogP) is 2.72. The van der Waals surface area contributed by atoms with Gasteiger partial charge < -0.3 is 37.2 Å². The molecule has 5 heteroatoms. The van der Waals surface area contributed by atoms with Gasteiger partial charge >= 0.3 is 352 Å². The third-order valence-electron chi connectivity index (χ3n) is 13.6. The summed E-state index contributed by atoms with van der Waals surface area (Å²) in [4.78, 5) is 0. The average molecular weight is 888 g/mol. The van der Waals surface area contributed by atoms with Crippen LogP contribution in [0.4, 0.5) is 0 Å². The Kier molecular flexibility index (Phi) is 16.0. The summed E-state index contributed by atoms with van der Waals surface area (Å²) in [6.07, 6.45) is 2.68. The molecule has 6 aromatic carbocycles. The van der Waals surface area contributed by atoms with Crippen LogP contribution in [0.5, 0.6) is 0 Å². The molecule has 0 saturated carbocycles. The molecule has 1 unspecified atom stereocenters. The van der Waals surface area contributed by atoms with Crippen LogP contribution in [0.1, 0.15) is 94.5 Å². The van der Waals surface area contributed by atoms with Gasteiger partial charge in [0.15, 0.2) is 0 Å². The zero-order chi connectivity index (χ0) is 39.9. The normalized spacial score (nSPS) is 15.1. The molecule has 302 valence electrons. The van der Waals surface area contributed by atoms with Crippen molar-refractivity contribution in [1.82, 2.24) is 0 Å². The quantitative estimate of drug-likeness (QED) is 0.147. The van der Waals surface area contributed by atoms with Crippen molar-refractivity contribution < 1.29 is 57.7 Å². The van der Waals surface area contributed by atoms with Crippen molar-refractivity contribution in [2.75, 3.05) is 0 Å². The van der Waals surface area contributed by atoms with Gasteiger partial charge in [0.25, 0.3) is 0 Å². The van der Waals surface area contributed by atoms with Crippen molar-refractivity contribution in [2.24, 2.45) is 0 Å². The summed E-state index contributed by atoms with van der Waals surface area (Å²) in [6, 6.07) is 49.2. The SMILES string of the molecule is CC1=C(C)C(C)([Si](c2cc(C)c(C)cc2Cc2ccccc2)(c2cc(C)c(C)cc2Cc2ccccc2)c2cc(C)c(C)cc2Cc2ccccc2)[C]([Ti+3])=C1C.[Cl-].[Cl-].[Cl-]. The van der Waals surface area contributed by atoms with Crippen molar-refractivity contribution >= 4 is 23.6 Å². The van der Waals surface area contributed by atoms with E-state index in [9.17, 15) is 0 Å². The standard InChI is InChI=1S/C54H57Si.3ClH.Ti/c1-36-26-48(32-45-20-14-11-15-21-45)51(29-39(36)4)55(54(10)35-42(7)43(8)44(54)9,52-30-40(5)37(2)27-49(52)33-46-22-16-12-17-23-46)53-31-41(6)38(3)28-50(53)34-47-24-18-13-19-25-47;;;;/h11-31H,32-34H2,1-10H3;3*1H;/q;;;;+3/p-3. The van der Waals surface area contributed by atoms with E-state index in [1.807, 2.05) is 0 Å². The second kappa shape index (κ2) is 19.5. The molecule has 59 heavy (non-hydrogen) atoms. The number of hydrogen-bond acceptors (Lipinski definition) is 0. The number of halogens is 3. The van der Waals surface area contributed by atoms with Crippen LogP contribution in [-0.2, 0) is 39.7 Å². The van der Waals surface area contributed by atoms with E-state index in [0.717, 1.165) is 19.3 Å². The van der Waals surface area contributed by atoms with E-state index in [1.165, 1.54) is 87.4 Å². The second-order valence-electron chi connectivity index (χ2n) is 16.9. The van der Waals surface area contributed by atoms with Crippen LogP contribution in [0.3, 0.4) is 0 Å². The third kappa shape index (κ3) is 8.72. The average Bonchev–Trinajstić information content (AvgIpc) is 3.34. The summed E-state index contributed by atoms with van der Waals surface area (Å²) in [5.74, 6) is 0. The fourth-order valence-electron chi connectivity index (χ4n) is 9.68. The summed E-state index contributed by atoms with van der Waals surface area (Å²) in [5, 5.41) is 4.42. The Hall–Kier alpha value is -3.40. The Bertz CT molecular complexity index is 2240. The Morgan fingerprint density at radius 1 is 0.407 bits per heavy atom. The van der Waals surface area contributed by atoms with E-state index < -0.39 is 8.07 Å². The van der Waals surface area contributed by atoms with Gasteiger partial charge in [0.2, 0.25) is 0 Å². The molecule has 0 spiro atoms. The number of benzene rings is 6. The molecule has 0 amide bonds. The molecule has 0 aliphatic heterocycles. The second-order valence-corrected chi connectivity index (χ2v) is 21.8. The van der Waals surface area contributed by atoms with Gasteiger partial charge in [-0.2, -0.15) is 0 Å². The minimum absolute atomic E-state index is 0. The number of hydrogen-bond donors (Lipinski definition) is 0. The molecule has 0 fully saturated rings. The minimum atomic E-state index is -3.20. The van der Waals surface area contributed by atoms with Gasteiger partial charge in [-0.05, 0) is 0 Å². The summed E-state index contributed by atoms with van der Waals surface area (Å²) >= 11 is 2.48. The first-order chi connectivity index (χ1) is 26.8. The van der Waals surface area contributed by atoms with E-state index in [0.29, 0.717) is 0 Å². The first-order valence-electron chi connectivity index (χ1n) is 20.3. The van der Waals surface area contributed by atoms with Gasteiger partial charge in [-0.25, -0.2) is 0 Å². The van der Waals surface area contributed by atoms with Crippen molar-refractivity contribution in [3.8, 4) is 0 Å². The van der Waals surface area contributed by atoms with Gasteiger partial charge in [0.05, 0.1) is 0 Å². The van der Waals surface area contributed by atoms with Gasteiger partial charge in [-0.1, -0.05) is 0 Å². The topological polar surface area (TPSA) is 0 Å². The van der Waals surface area contributed by atoms with Gasteiger partial charge in [-0.3, -0.25) is 0 Å². The van der Waals surface area contributed by atoms with Crippen LogP contribution < -0.4 is 52.8 Å².